The first-order chi connectivity index (χ1) is 10.2. The highest BCUT2D eigenvalue weighted by Gasteiger charge is 2.48. The number of benzene rings is 1. The van der Waals surface area contributed by atoms with E-state index in [0.29, 0.717) is 0 Å². The van der Waals surface area contributed by atoms with Crippen molar-refractivity contribution in [2.45, 2.75) is 28.4 Å². The average molecular weight is 347 g/mol. The third-order valence-corrected chi connectivity index (χ3v) is 6.84. The number of sulfone groups is 1. The summed E-state index contributed by atoms with van der Waals surface area (Å²) in [5.74, 6) is -5.03. The highest BCUT2D eigenvalue weighted by Crippen LogP contribution is 2.39. The van der Waals surface area contributed by atoms with E-state index >= 15 is 0 Å². The first kappa shape index (κ1) is 16.8. The van der Waals surface area contributed by atoms with E-state index in [1.54, 1.807) is 18.2 Å². The Balaban J connectivity index is 2.36. The first-order valence-corrected chi connectivity index (χ1v) is 8.62. The number of rotatable bonds is 4. The molecule has 1 fully saturated rings. The molecule has 2 rings (SSSR count). The van der Waals surface area contributed by atoms with Gasteiger partial charge in [-0.1, -0.05) is 18.2 Å². The fraction of sp³-hybridized carbons (Fsp3) is 0.429. The minimum absolute atomic E-state index is 0.0589. The van der Waals surface area contributed by atoms with Crippen LogP contribution in [0.1, 0.15) is 12.8 Å². The van der Waals surface area contributed by atoms with Crippen LogP contribution in [0.25, 0.3) is 0 Å². The van der Waals surface area contributed by atoms with Gasteiger partial charge in [0.2, 0.25) is 0 Å². The number of carboxylic acid groups (broad SMARTS) is 2. The lowest BCUT2D eigenvalue weighted by Crippen LogP contribution is -2.46. The van der Waals surface area contributed by atoms with E-state index in [0.717, 1.165) is 0 Å². The van der Waals surface area contributed by atoms with Crippen molar-refractivity contribution in [3.8, 4) is 0 Å². The van der Waals surface area contributed by atoms with Crippen LogP contribution < -0.4 is 0 Å². The highest BCUT2D eigenvalue weighted by molar-refractivity contribution is 7.92. The molecule has 0 aromatic heterocycles. The zero-order valence-corrected chi connectivity index (χ0v) is 13.0. The Morgan fingerprint density at radius 1 is 1.00 bits per heavy atom. The molecule has 6 nitrogen and oxygen atoms in total. The molecule has 1 aliphatic carbocycles. The second-order valence-corrected chi connectivity index (χ2v) is 8.00. The number of carboxylic acids is 2. The molecule has 2 N–H and O–H groups in total. The lowest BCUT2D eigenvalue weighted by atomic mass is 9.79. The summed E-state index contributed by atoms with van der Waals surface area (Å²) in [6.07, 6.45) is -0.498. The summed E-state index contributed by atoms with van der Waals surface area (Å²) >= 11 is 6.09. The SMILES string of the molecule is O=C(O)[C@H]1C[C@@H](Cl)[C@@H](S(=O)(=O)c2ccccc2)C[C@H]1C(=O)O. The molecule has 0 amide bonds. The van der Waals surface area contributed by atoms with E-state index < -0.39 is 44.2 Å². The molecule has 1 saturated carbocycles. The van der Waals surface area contributed by atoms with Crippen LogP contribution in [0, 0.1) is 11.8 Å². The van der Waals surface area contributed by atoms with Crippen LogP contribution in [0.5, 0.6) is 0 Å². The van der Waals surface area contributed by atoms with Gasteiger partial charge < -0.3 is 10.2 Å². The number of carbonyl (C=O) groups is 2. The zero-order chi connectivity index (χ0) is 16.5. The molecular formula is C14H15ClO6S. The van der Waals surface area contributed by atoms with E-state index in [1.807, 2.05) is 0 Å². The van der Waals surface area contributed by atoms with Gasteiger partial charge in [0.25, 0.3) is 0 Å². The van der Waals surface area contributed by atoms with Gasteiger partial charge in [0.1, 0.15) is 0 Å². The predicted octanol–water partition coefficient (Wildman–Crippen LogP) is 1.63. The molecule has 0 radical (unpaired) electrons. The van der Waals surface area contributed by atoms with Crippen molar-refractivity contribution < 1.29 is 28.2 Å². The summed E-state index contributed by atoms with van der Waals surface area (Å²) in [6.45, 7) is 0. The second kappa shape index (κ2) is 6.26. The Bertz CT molecular complexity index is 672. The maximum absolute atomic E-state index is 12.6. The highest BCUT2D eigenvalue weighted by atomic mass is 35.5. The summed E-state index contributed by atoms with van der Waals surface area (Å²) in [4.78, 5) is 22.5. The minimum atomic E-state index is -3.81. The quantitative estimate of drug-likeness (QED) is 0.802. The maximum atomic E-state index is 12.6. The molecule has 0 aliphatic heterocycles. The van der Waals surface area contributed by atoms with Crippen LogP contribution in [0.2, 0.25) is 0 Å². The molecule has 120 valence electrons. The Morgan fingerprint density at radius 2 is 1.50 bits per heavy atom. The molecule has 8 heteroatoms. The Hall–Kier alpha value is -1.60. The monoisotopic (exact) mass is 346 g/mol. The number of hydrogen-bond donors (Lipinski definition) is 2. The zero-order valence-electron chi connectivity index (χ0n) is 11.4. The number of halogens is 1. The lowest BCUT2D eigenvalue weighted by Gasteiger charge is -2.34. The van der Waals surface area contributed by atoms with Gasteiger partial charge in [0.05, 0.1) is 27.4 Å². The van der Waals surface area contributed by atoms with Crippen molar-refractivity contribution in [3.05, 3.63) is 30.3 Å². The molecule has 0 heterocycles. The van der Waals surface area contributed by atoms with Crippen molar-refractivity contribution in [2.24, 2.45) is 11.8 Å². The first-order valence-electron chi connectivity index (χ1n) is 6.63. The lowest BCUT2D eigenvalue weighted by molar-refractivity contribution is -0.155. The van der Waals surface area contributed by atoms with Crippen molar-refractivity contribution in [2.75, 3.05) is 0 Å². The van der Waals surface area contributed by atoms with Gasteiger partial charge in [0.15, 0.2) is 9.84 Å². The van der Waals surface area contributed by atoms with Crippen LogP contribution in [-0.4, -0.2) is 41.2 Å². The van der Waals surface area contributed by atoms with E-state index in [4.69, 9.17) is 16.7 Å². The van der Waals surface area contributed by atoms with Gasteiger partial charge in [-0.25, -0.2) is 8.42 Å². The normalized spacial score (nSPS) is 29.0. The number of aliphatic carboxylic acids is 2. The summed E-state index contributed by atoms with van der Waals surface area (Å²) in [6, 6.07) is 7.62. The van der Waals surface area contributed by atoms with Crippen molar-refractivity contribution in [1.29, 1.82) is 0 Å². The Kier molecular flexibility index (Phi) is 4.77. The fourth-order valence-electron chi connectivity index (χ4n) is 2.77. The molecule has 0 spiro atoms. The van der Waals surface area contributed by atoms with E-state index in [-0.39, 0.29) is 17.7 Å². The van der Waals surface area contributed by atoms with Crippen LogP contribution in [0.3, 0.4) is 0 Å². The van der Waals surface area contributed by atoms with Crippen LogP contribution in [-0.2, 0) is 19.4 Å². The van der Waals surface area contributed by atoms with Crippen LogP contribution in [0.15, 0.2) is 35.2 Å². The maximum Gasteiger partial charge on any atom is 0.307 e. The molecule has 0 unspecified atom stereocenters. The van der Waals surface area contributed by atoms with E-state index in [9.17, 15) is 23.1 Å². The predicted molar refractivity (Wildman–Crippen MR) is 78.5 cm³/mol. The summed E-state index contributed by atoms with van der Waals surface area (Å²) in [5, 5.41) is 16.2. The van der Waals surface area contributed by atoms with Gasteiger partial charge in [-0.3, -0.25) is 9.59 Å². The Morgan fingerprint density at radius 3 is 2.00 bits per heavy atom. The summed E-state index contributed by atoms with van der Waals surface area (Å²) < 4.78 is 25.2. The van der Waals surface area contributed by atoms with E-state index in [2.05, 4.69) is 0 Å². The van der Waals surface area contributed by atoms with Crippen molar-refractivity contribution in [1.82, 2.24) is 0 Å². The van der Waals surface area contributed by atoms with Gasteiger partial charge in [-0.2, -0.15) is 0 Å². The topological polar surface area (TPSA) is 109 Å². The van der Waals surface area contributed by atoms with Crippen LogP contribution >= 0.6 is 11.6 Å². The Labute approximate surface area is 132 Å². The van der Waals surface area contributed by atoms with Crippen LogP contribution in [0.4, 0.5) is 0 Å². The second-order valence-electron chi connectivity index (χ2n) is 5.27. The molecule has 1 aliphatic rings. The number of alkyl halides is 1. The van der Waals surface area contributed by atoms with Gasteiger partial charge >= 0.3 is 11.9 Å². The van der Waals surface area contributed by atoms with Gasteiger partial charge in [-0.15, -0.1) is 11.6 Å². The smallest absolute Gasteiger partial charge is 0.307 e. The molecular weight excluding hydrogens is 332 g/mol. The standard InChI is InChI=1S/C14H15ClO6S/c15-11-6-9(13(16)17)10(14(18)19)7-12(11)22(20,21)8-4-2-1-3-5-8/h1-5,9-12H,6-7H2,(H,16,17)(H,18,19)/t9-,10+,11+,12-/m0/s1. The van der Waals surface area contributed by atoms with E-state index in [1.165, 1.54) is 12.1 Å². The average Bonchev–Trinajstić information content (AvgIpc) is 2.47. The molecule has 22 heavy (non-hydrogen) atoms. The molecule has 0 bridgehead atoms. The largest absolute Gasteiger partial charge is 0.481 e. The van der Waals surface area contributed by atoms with Crippen molar-refractivity contribution in [3.63, 3.8) is 0 Å². The molecule has 1 aromatic carbocycles. The fourth-order valence-corrected chi connectivity index (χ4v) is 5.32. The van der Waals surface area contributed by atoms with Gasteiger partial charge in [0, 0.05) is 0 Å². The molecule has 1 aromatic rings. The third-order valence-electron chi connectivity index (χ3n) is 3.96. The number of hydrogen-bond acceptors (Lipinski definition) is 4. The van der Waals surface area contributed by atoms with Crippen molar-refractivity contribution >= 4 is 33.4 Å². The summed E-state index contributed by atoms with van der Waals surface area (Å²) in [5.41, 5.74) is 0. The molecule has 0 saturated heterocycles. The van der Waals surface area contributed by atoms with Gasteiger partial charge in [-0.05, 0) is 25.0 Å². The third kappa shape index (κ3) is 3.10. The summed E-state index contributed by atoms with van der Waals surface area (Å²) in [7, 11) is -3.81. The molecule has 4 atom stereocenters. The minimum Gasteiger partial charge on any atom is -0.481 e.